The molecule has 182 valence electrons. The van der Waals surface area contributed by atoms with Gasteiger partial charge in [0.1, 0.15) is 0 Å². The molecule has 0 bridgehead atoms. The molecule has 0 spiro atoms. The van der Waals surface area contributed by atoms with E-state index < -0.39 is 0 Å². The van der Waals surface area contributed by atoms with Crippen molar-refractivity contribution < 1.29 is 0 Å². The lowest BCUT2D eigenvalue weighted by atomic mass is 9.94. The monoisotopic (exact) mass is 488 g/mol. The van der Waals surface area contributed by atoms with Crippen LogP contribution in [0.1, 0.15) is 0 Å². The molecule has 2 heteroatoms. The minimum absolute atomic E-state index is 0.981. The summed E-state index contributed by atoms with van der Waals surface area (Å²) in [6.07, 6.45) is 1.84. The van der Waals surface area contributed by atoms with E-state index >= 15 is 0 Å². The highest BCUT2D eigenvalue weighted by Gasteiger charge is 2.11. The second-order valence-corrected chi connectivity index (χ2v) is 9.41. The number of aromatic nitrogens is 1. The van der Waals surface area contributed by atoms with Gasteiger partial charge < -0.3 is 4.90 Å². The standard InChI is InChI=1S/C36H28N2/c1-38(34-18-6-3-7-19-34)35-25-32(27-12-4-2-5-13-27)24-33(26-35)30-16-10-14-28(22-30)29-15-11-17-31(23-29)36-20-8-9-21-37-36/h2-26H,1H3. The summed E-state index contributed by atoms with van der Waals surface area (Å²) >= 11 is 0. The average Bonchev–Trinajstić information content (AvgIpc) is 3.02. The Bertz CT molecular complexity index is 1660. The van der Waals surface area contributed by atoms with Crippen LogP contribution in [0.25, 0.3) is 44.6 Å². The van der Waals surface area contributed by atoms with Crippen LogP contribution in [0.4, 0.5) is 11.4 Å². The molecule has 0 aliphatic carbocycles. The first-order valence-corrected chi connectivity index (χ1v) is 12.9. The molecule has 5 aromatic carbocycles. The van der Waals surface area contributed by atoms with Crippen molar-refractivity contribution in [2.45, 2.75) is 0 Å². The summed E-state index contributed by atoms with van der Waals surface area (Å²) in [5, 5.41) is 0. The number of anilines is 2. The van der Waals surface area contributed by atoms with Gasteiger partial charge in [0, 0.05) is 30.2 Å². The van der Waals surface area contributed by atoms with Gasteiger partial charge in [-0.2, -0.15) is 0 Å². The maximum Gasteiger partial charge on any atom is 0.0702 e. The second-order valence-electron chi connectivity index (χ2n) is 9.41. The van der Waals surface area contributed by atoms with E-state index in [1.54, 1.807) is 0 Å². The van der Waals surface area contributed by atoms with Crippen molar-refractivity contribution in [3.8, 4) is 44.6 Å². The quantitative estimate of drug-likeness (QED) is 0.232. The Morgan fingerprint density at radius 2 is 0.895 bits per heavy atom. The molecular formula is C36H28N2. The van der Waals surface area contributed by atoms with Crippen LogP contribution in [-0.4, -0.2) is 12.0 Å². The molecule has 0 atom stereocenters. The van der Waals surface area contributed by atoms with Gasteiger partial charge >= 0.3 is 0 Å². The number of para-hydroxylation sites is 1. The molecule has 0 aliphatic heterocycles. The van der Waals surface area contributed by atoms with Crippen molar-refractivity contribution in [2.75, 3.05) is 11.9 Å². The number of hydrogen-bond acceptors (Lipinski definition) is 2. The van der Waals surface area contributed by atoms with Crippen molar-refractivity contribution >= 4 is 11.4 Å². The molecule has 0 unspecified atom stereocenters. The molecule has 0 amide bonds. The Labute approximate surface area is 224 Å². The lowest BCUT2D eigenvalue weighted by Crippen LogP contribution is -2.09. The smallest absolute Gasteiger partial charge is 0.0702 e. The summed E-state index contributed by atoms with van der Waals surface area (Å²) in [6, 6.07) is 51.4. The molecule has 6 rings (SSSR count). The third-order valence-corrected chi connectivity index (χ3v) is 6.91. The Morgan fingerprint density at radius 3 is 1.55 bits per heavy atom. The second kappa shape index (κ2) is 10.6. The van der Waals surface area contributed by atoms with Gasteiger partial charge in [0.05, 0.1) is 5.69 Å². The van der Waals surface area contributed by atoms with Crippen LogP contribution in [0, 0.1) is 0 Å². The van der Waals surface area contributed by atoms with Crippen LogP contribution in [-0.2, 0) is 0 Å². The van der Waals surface area contributed by atoms with E-state index in [0.29, 0.717) is 0 Å². The third-order valence-electron chi connectivity index (χ3n) is 6.91. The summed E-state index contributed by atoms with van der Waals surface area (Å²) < 4.78 is 0. The summed E-state index contributed by atoms with van der Waals surface area (Å²) in [6.45, 7) is 0. The minimum atomic E-state index is 0.981. The lowest BCUT2D eigenvalue weighted by Gasteiger charge is -2.22. The summed E-state index contributed by atoms with van der Waals surface area (Å²) in [5.74, 6) is 0. The minimum Gasteiger partial charge on any atom is -0.345 e. The van der Waals surface area contributed by atoms with Crippen molar-refractivity contribution in [1.29, 1.82) is 0 Å². The molecule has 0 aliphatic rings. The normalized spacial score (nSPS) is 10.8. The van der Waals surface area contributed by atoms with Crippen LogP contribution in [0.2, 0.25) is 0 Å². The van der Waals surface area contributed by atoms with Crippen LogP contribution in [0.3, 0.4) is 0 Å². The van der Waals surface area contributed by atoms with E-state index in [1.807, 2.05) is 18.3 Å². The van der Waals surface area contributed by atoms with E-state index in [1.165, 1.54) is 33.4 Å². The van der Waals surface area contributed by atoms with Crippen LogP contribution >= 0.6 is 0 Å². The maximum atomic E-state index is 4.53. The van der Waals surface area contributed by atoms with E-state index in [2.05, 4.69) is 150 Å². The van der Waals surface area contributed by atoms with Gasteiger partial charge in [-0.05, 0) is 88.0 Å². The molecule has 1 aromatic heterocycles. The highest BCUT2D eigenvalue weighted by atomic mass is 15.1. The topological polar surface area (TPSA) is 16.1 Å². The predicted molar refractivity (Wildman–Crippen MR) is 160 cm³/mol. The highest BCUT2D eigenvalue weighted by molar-refractivity contribution is 5.82. The van der Waals surface area contributed by atoms with Crippen molar-refractivity contribution in [3.63, 3.8) is 0 Å². The zero-order valence-electron chi connectivity index (χ0n) is 21.3. The van der Waals surface area contributed by atoms with Crippen molar-refractivity contribution in [1.82, 2.24) is 4.98 Å². The largest absolute Gasteiger partial charge is 0.345 e. The van der Waals surface area contributed by atoms with Crippen LogP contribution in [0.5, 0.6) is 0 Å². The number of pyridine rings is 1. The third kappa shape index (κ3) is 4.98. The van der Waals surface area contributed by atoms with Crippen LogP contribution in [0.15, 0.2) is 152 Å². The molecular weight excluding hydrogens is 460 g/mol. The summed E-state index contributed by atoms with van der Waals surface area (Å²) in [7, 11) is 2.13. The zero-order valence-corrected chi connectivity index (χ0v) is 21.3. The van der Waals surface area contributed by atoms with Gasteiger partial charge in [0.2, 0.25) is 0 Å². The first-order chi connectivity index (χ1) is 18.7. The van der Waals surface area contributed by atoms with Crippen molar-refractivity contribution in [3.05, 3.63) is 152 Å². The fraction of sp³-hybridized carbons (Fsp3) is 0.0278. The SMILES string of the molecule is CN(c1ccccc1)c1cc(-c2ccccc2)cc(-c2cccc(-c3cccc(-c4ccccn4)c3)c2)c1. The Kier molecular flexibility index (Phi) is 6.53. The van der Waals surface area contributed by atoms with E-state index in [0.717, 1.165) is 22.6 Å². The molecule has 2 nitrogen and oxygen atoms in total. The van der Waals surface area contributed by atoms with Crippen LogP contribution < -0.4 is 4.90 Å². The van der Waals surface area contributed by atoms with Crippen molar-refractivity contribution in [2.24, 2.45) is 0 Å². The molecule has 0 saturated carbocycles. The van der Waals surface area contributed by atoms with E-state index in [9.17, 15) is 0 Å². The van der Waals surface area contributed by atoms with E-state index in [-0.39, 0.29) is 0 Å². The van der Waals surface area contributed by atoms with Gasteiger partial charge in [-0.15, -0.1) is 0 Å². The number of hydrogen-bond donors (Lipinski definition) is 0. The van der Waals surface area contributed by atoms with Gasteiger partial charge in [-0.1, -0.05) is 91.0 Å². The van der Waals surface area contributed by atoms with Gasteiger partial charge in [-0.3, -0.25) is 4.98 Å². The highest BCUT2D eigenvalue weighted by Crippen LogP contribution is 2.36. The first kappa shape index (κ1) is 23.4. The maximum absolute atomic E-state index is 4.53. The molecule has 1 heterocycles. The molecule has 0 radical (unpaired) electrons. The number of nitrogens with zero attached hydrogens (tertiary/aromatic N) is 2. The fourth-order valence-corrected chi connectivity index (χ4v) is 4.84. The Hall–Kier alpha value is -4.95. The Morgan fingerprint density at radius 1 is 0.395 bits per heavy atom. The fourth-order valence-electron chi connectivity index (χ4n) is 4.84. The Balaban J connectivity index is 1.43. The zero-order chi connectivity index (χ0) is 25.7. The molecule has 0 fully saturated rings. The molecule has 6 aromatic rings. The van der Waals surface area contributed by atoms with E-state index in [4.69, 9.17) is 0 Å². The summed E-state index contributed by atoms with van der Waals surface area (Å²) in [5.41, 5.74) is 11.5. The average molecular weight is 489 g/mol. The predicted octanol–water partition coefficient (Wildman–Crippen LogP) is 9.52. The number of benzene rings is 5. The molecule has 0 N–H and O–H groups in total. The van der Waals surface area contributed by atoms with Gasteiger partial charge in [-0.25, -0.2) is 0 Å². The first-order valence-electron chi connectivity index (χ1n) is 12.9. The van der Waals surface area contributed by atoms with Gasteiger partial charge in [0.15, 0.2) is 0 Å². The lowest BCUT2D eigenvalue weighted by molar-refractivity contribution is 1.21. The van der Waals surface area contributed by atoms with Gasteiger partial charge in [0.25, 0.3) is 0 Å². The molecule has 0 saturated heterocycles. The summed E-state index contributed by atoms with van der Waals surface area (Å²) in [4.78, 5) is 6.78. The molecule has 38 heavy (non-hydrogen) atoms. The number of rotatable bonds is 6.